The number of benzene rings is 3. The van der Waals surface area contributed by atoms with Gasteiger partial charge in [-0.25, -0.2) is 4.98 Å². The summed E-state index contributed by atoms with van der Waals surface area (Å²) in [6.45, 7) is 1.45. The number of carbonyl (C=O) groups excluding carboxylic acids is 1. The average molecular weight is 375 g/mol. The number of ether oxygens (including phenoxy) is 1. The van der Waals surface area contributed by atoms with Crippen molar-refractivity contribution in [2.75, 3.05) is 0 Å². The molecule has 2 aromatic carbocycles. The lowest BCUT2D eigenvalue weighted by molar-refractivity contribution is -0.118. The Morgan fingerprint density at radius 1 is 1.07 bits per heavy atom. The predicted molar refractivity (Wildman–Crippen MR) is 104 cm³/mol. The SMILES string of the molecule is CC(=O)CC(O)c1ccc(Oc2ccc3nc4ccc(=O)cc-4oc3c2)cc1. The summed E-state index contributed by atoms with van der Waals surface area (Å²) in [6.07, 6.45) is -0.741. The van der Waals surface area contributed by atoms with Crippen LogP contribution in [-0.2, 0) is 4.79 Å². The number of hydrogen-bond acceptors (Lipinski definition) is 6. The Balaban J connectivity index is 1.59. The summed E-state index contributed by atoms with van der Waals surface area (Å²) >= 11 is 0. The predicted octanol–water partition coefficient (Wildman–Crippen LogP) is 4.10. The lowest BCUT2D eigenvalue weighted by Gasteiger charge is -2.11. The van der Waals surface area contributed by atoms with Gasteiger partial charge in [-0.05, 0) is 48.9 Å². The molecule has 6 nitrogen and oxygen atoms in total. The van der Waals surface area contributed by atoms with E-state index in [1.807, 2.05) is 0 Å². The minimum atomic E-state index is -0.823. The van der Waals surface area contributed by atoms with Gasteiger partial charge >= 0.3 is 0 Å². The smallest absolute Gasteiger partial charge is 0.182 e. The van der Waals surface area contributed by atoms with E-state index in [0.29, 0.717) is 39.6 Å². The van der Waals surface area contributed by atoms with Gasteiger partial charge < -0.3 is 14.3 Å². The normalized spacial score (nSPS) is 12.2. The van der Waals surface area contributed by atoms with Crippen LogP contribution in [0.3, 0.4) is 0 Å². The van der Waals surface area contributed by atoms with E-state index in [4.69, 9.17) is 9.15 Å². The number of fused-ring (bicyclic) bond motifs is 2. The Labute approximate surface area is 160 Å². The maximum atomic E-state index is 11.5. The molecule has 1 unspecified atom stereocenters. The van der Waals surface area contributed by atoms with Crippen LogP contribution in [0.1, 0.15) is 25.0 Å². The summed E-state index contributed by atoms with van der Waals surface area (Å²) in [5, 5.41) is 9.99. The molecule has 2 aliphatic rings. The van der Waals surface area contributed by atoms with Gasteiger partial charge in [0.15, 0.2) is 16.8 Å². The number of rotatable bonds is 5. The Hall–Kier alpha value is -3.51. The van der Waals surface area contributed by atoms with Crippen molar-refractivity contribution in [1.29, 1.82) is 0 Å². The number of ketones is 1. The molecule has 4 rings (SSSR count). The summed E-state index contributed by atoms with van der Waals surface area (Å²) in [5.41, 5.74) is 2.28. The van der Waals surface area contributed by atoms with Crippen molar-refractivity contribution < 1.29 is 19.1 Å². The van der Waals surface area contributed by atoms with Gasteiger partial charge in [0.25, 0.3) is 0 Å². The van der Waals surface area contributed by atoms with E-state index < -0.39 is 6.10 Å². The first-order chi connectivity index (χ1) is 13.5. The van der Waals surface area contributed by atoms with E-state index in [2.05, 4.69) is 4.98 Å². The summed E-state index contributed by atoms with van der Waals surface area (Å²) < 4.78 is 11.6. The van der Waals surface area contributed by atoms with E-state index in [9.17, 15) is 14.7 Å². The molecule has 2 aromatic rings. The van der Waals surface area contributed by atoms with Crippen LogP contribution in [0.25, 0.3) is 22.6 Å². The third-order valence-corrected chi connectivity index (χ3v) is 4.30. The highest BCUT2D eigenvalue weighted by Crippen LogP contribution is 2.29. The molecule has 28 heavy (non-hydrogen) atoms. The highest BCUT2D eigenvalue weighted by molar-refractivity contribution is 5.78. The first kappa shape index (κ1) is 17.9. The molecule has 0 saturated carbocycles. The summed E-state index contributed by atoms with van der Waals surface area (Å²) in [4.78, 5) is 27.1. The Morgan fingerprint density at radius 2 is 1.82 bits per heavy atom. The second-order valence-corrected chi connectivity index (χ2v) is 6.57. The van der Waals surface area contributed by atoms with Crippen LogP contribution in [-0.4, -0.2) is 15.9 Å². The number of aliphatic hydroxyl groups excluding tert-OH is 1. The maximum absolute atomic E-state index is 11.5. The number of nitrogens with zero attached hydrogens (tertiary/aromatic N) is 1. The fourth-order valence-electron chi connectivity index (χ4n) is 2.93. The molecule has 1 aliphatic heterocycles. The summed E-state index contributed by atoms with van der Waals surface area (Å²) in [6, 6.07) is 16.6. The van der Waals surface area contributed by atoms with Gasteiger partial charge in [-0.15, -0.1) is 0 Å². The summed E-state index contributed by atoms with van der Waals surface area (Å²) in [7, 11) is 0. The van der Waals surface area contributed by atoms with E-state index in [1.54, 1.807) is 48.5 Å². The van der Waals surface area contributed by atoms with Crippen LogP contribution in [0.2, 0.25) is 0 Å². The molecule has 0 spiro atoms. The third-order valence-electron chi connectivity index (χ3n) is 4.30. The van der Waals surface area contributed by atoms with Crippen LogP contribution in [0.15, 0.2) is 69.9 Å². The monoisotopic (exact) mass is 375 g/mol. The Morgan fingerprint density at radius 3 is 2.57 bits per heavy atom. The number of aromatic nitrogens is 1. The zero-order valence-corrected chi connectivity index (χ0v) is 15.1. The lowest BCUT2D eigenvalue weighted by Crippen LogP contribution is -2.02. The van der Waals surface area contributed by atoms with Gasteiger partial charge in [0.05, 0.1) is 6.10 Å². The van der Waals surface area contributed by atoms with Crippen molar-refractivity contribution in [3.05, 3.63) is 76.5 Å². The largest absolute Gasteiger partial charge is 0.457 e. The molecule has 0 fully saturated rings. The molecule has 0 saturated heterocycles. The standard InChI is InChI=1S/C22H17NO5/c1-13(24)10-20(26)14-2-5-16(6-3-14)27-17-7-9-19-22(12-17)28-21-11-15(25)4-8-18(21)23-19/h2-9,11-12,20,26H,10H2,1H3. The van der Waals surface area contributed by atoms with Crippen molar-refractivity contribution in [3.63, 3.8) is 0 Å². The van der Waals surface area contributed by atoms with Crippen molar-refractivity contribution in [1.82, 2.24) is 4.98 Å². The van der Waals surface area contributed by atoms with Gasteiger partial charge in [-0.1, -0.05) is 12.1 Å². The van der Waals surface area contributed by atoms with E-state index in [-0.39, 0.29) is 17.6 Å². The fourth-order valence-corrected chi connectivity index (χ4v) is 2.93. The average Bonchev–Trinajstić information content (AvgIpc) is 2.66. The highest BCUT2D eigenvalue weighted by Gasteiger charge is 2.12. The van der Waals surface area contributed by atoms with Gasteiger partial charge in [0.2, 0.25) is 0 Å². The van der Waals surface area contributed by atoms with Gasteiger partial charge in [0.1, 0.15) is 28.5 Å². The van der Waals surface area contributed by atoms with E-state index in [1.165, 1.54) is 19.1 Å². The quantitative estimate of drug-likeness (QED) is 0.528. The molecule has 1 aliphatic carbocycles. The Kier molecular flexibility index (Phi) is 4.63. The van der Waals surface area contributed by atoms with Crippen LogP contribution in [0.4, 0.5) is 0 Å². The van der Waals surface area contributed by atoms with Crippen molar-refractivity contribution in [2.45, 2.75) is 19.4 Å². The highest BCUT2D eigenvalue weighted by atomic mass is 16.5. The van der Waals surface area contributed by atoms with Gasteiger partial charge in [-0.3, -0.25) is 9.59 Å². The van der Waals surface area contributed by atoms with Gasteiger partial charge in [-0.2, -0.15) is 0 Å². The second-order valence-electron chi connectivity index (χ2n) is 6.57. The molecule has 0 aromatic heterocycles. The molecule has 0 bridgehead atoms. The molecule has 6 heteroatoms. The minimum Gasteiger partial charge on any atom is -0.457 e. The van der Waals surface area contributed by atoms with Crippen molar-refractivity contribution in [3.8, 4) is 23.0 Å². The fraction of sp³-hybridized carbons (Fsp3) is 0.136. The van der Waals surface area contributed by atoms with Gasteiger partial charge in [0, 0.05) is 18.6 Å². The Bertz CT molecular complexity index is 1180. The topological polar surface area (TPSA) is 89.6 Å². The molecule has 140 valence electrons. The van der Waals surface area contributed by atoms with E-state index in [0.717, 1.165) is 0 Å². The number of aliphatic hydroxyl groups is 1. The number of Topliss-reactive ketones (excluding diaryl/α,β-unsaturated/α-hetero) is 1. The molecular formula is C22H17NO5. The molecule has 1 N–H and O–H groups in total. The molecular weight excluding hydrogens is 358 g/mol. The van der Waals surface area contributed by atoms with Crippen LogP contribution < -0.4 is 10.2 Å². The number of hydrogen-bond donors (Lipinski definition) is 1. The second kappa shape index (κ2) is 7.25. The van der Waals surface area contributed by atoms with Crippen LogP contribution in [0.5, 0.6) is 11.5 Å². The van der Waals surface area contributed by atoms with Crippen molar-refractivity contribution in [2.24, 2.45) is 0 Å². The van der Waals surface area contributed by atoms with E-state index >= 15 is 0 Å². The summed E-state index contributed by atoms with van der Waals surface area (Å²) in [5.74, 6) is 1.47. The third kappa shape index (κ3) is 3.77. The van der Waals surface area contributed by atoms with Crippen LogP contribution in [0, 0.1) is 0 Å². The minimum absolute atomic E-state index is 0.0713. The maximum Gasteiger partial charge on any atom is 0.182 e. The molecule has 0 amide bonds. The first-order valence-electron chi connectivity index (χ1n) is 8.78. The zero-order valence-electron chi connectivity index (χ0n) is 15.1. The molecule has 1 atom stereocenters. The lowest BCUT2D eigenvalue weighted by atomic mass is 10.0. The first-order valence-corrected chi connectivity index (χ1v) is 8.78. The molecule has 1 heterocycles. The van der Waals surface area contributed by atoms with Crippen LogP contribution >= 0.6 is 0 Å². The van der Waals surface area contributed by atoms with Crippen molar-refractivity contribution >= 4 is 16.9 Å². The number of carbonyl (C=O) groups is 1. The molecule has 0 radical (unpaired) electrons. The zero-order chi connectivity index (χ0) is 19.7.